The molecule has 2 rings (SSSR count). The maximum absolute atomic E-state index is 14.5. The molecule has 474 valence electrons. The van der Waals surface area contributed by atoms with Crippen molar-refractivity contribution in [2.75, 3.05) is 25.4 Å². The number of nitrogens with zero attached hydrogens (tertiary/aromatic N) is 2. The highest BCUT2D eigenvalue weighted by Crippen LogP contribution is 2.23. The van der Waals surface area contributed by atoms with Crippen molar-refractivity contribution in [1.82, 2.24) is 57.7 Å². The summed E-state index contributed by atoms with van der Waals surface area (Å²) >= 11 is 4.09. The Bertz CT molecular complexity index is 2390. The summed E-state index contributed by atoms with van der Waals surface area (Å²) in [5.41, 5.74) is 16.0. The molecule has 0 spiro atoms. The summed E-state index contributed by atoms with van der Waals surface area (Å²) in [6.45, 7) is 18.5. The maximum atomic E-state index is 14.5. The van der Waals surface area contributed by atoms with Crippen molar-refractivity contribution in [3.63, 3.8) is 0 Å². The van der Waals surface area contributed by atoms with Crippen LogP contribution in [0.5, 0.6) is 0 Å². The fourth-order valence-electron chi connectivity index (χ4n) is 9.61. The second-order valence-electron chi connectivity index (χ2n) is 23.3. The van der Waals surface area contributed by atoms with E-state index in [2.05, 4.69) is 60.5 Å². The molecule has 2 aliphatic rings. The number of hydrogen-bond acceptors (Lipinski definition) is 16. The molecule has 0 aromatic heterocycles. The third kappa shape index (κ3) is 22.8. The van der Waals surface area contributed by atoms with E-state index in [-0.39, 0.29) is 75.2 Å². The van der Waals surface area contributed by atoms with E-state index in [1.54, 1.807) is 41.5 Å². The third-order valence-corrected chi connectivity index (χ3v) is 14.5. The first kappa shape index (κ1) is 73.0. The smallest absolute Gasteiger partial charge is 0.326 e. The largest absolute Gasteiger partial charge is 0.480 e. The summed E-state index contributed by atoms with van der Waals surface area (Å²) in [7, 11) is 0. The molecule has 0 aromatic carbocycles. The van der Waals surface area contributed by atoms with Gasteiger partial charge in [-0.3, -0.25) is 62.3 Å². The van der Waals surface area contributed by atoms with Crippen molar-refractivity contribution in [2.24, 2.45) is 46.8 Å². The Kier molecular flexibility index (Phi) is 30.1. The van der Waals surface area contributed by atoms with Gasteiger partial charge in [0.15, 0.2) is 0 Å². The van der Waals surface area contributed by atoms with E-state index < -0.39 is 174 Å². The second-order valence-corrected chi connectivity index (χ2v) is 23.7. The van der Waals surface area contributed by atoms with Crippen LogP contribution in [0.1, 0.15) is 134 Å². The molecule has 11 atom stereocenters. The van der Waals surface area contributed by atoms with Gasteiger partial charge in [-0.05, 0) is 81.5 Å². The van der Waals surface area contributed by atoms with Crippen LogP contribution in [-0.2, 0) is 67.1 Å². The van der Waals surface area contributed by atoms with Gasteiger partial charge in [0.25, 0.3) is 0 Å². The van der Waals surface area contributed by atoms with Crippen molar-refractivity contribution in [2.45, 2.75) is 200 Å². The van der Waals surface area contributed by atoms with Crippen LogP contribution in [0.15, 0.2) is 0 Å². The minimum absolute atomic E-state index is 0.0629. The molecule has 0 bridgehead atoms. The molecule has 0 saturated carbocycles. The molecule has 16 N–H and O–H groups in total. The summed E-state index contributed by atoms with van der Waals surface area (Å²) in [6, 6.07) is -14.0. The number of rotatable bonds is 34. The fraction of sp³-hybridized carbons (Fsp3) is 0.741. The molecule has 2 heterocycles. The van der Waals surface area contributed by atoms with Crippen LogP contribution in [0.4, 0.5) is 0 Å². The average molecular weight is 1210 g/mol. The van der Waals surface area contributed by atoms with Gasteiger partial charge >= 0.3 is 5.97 Å². The minimum Gasteiger partial charge on any atom is -0.480 e. The lowest BCUT2D eigenvalue weighted by Gasteiger charge is -2.32. The SMILES string of the molecule is CC(C)C[C@H](NC(=O)[C@H](C)NC(=O)[C@@H]1CCCN1C(=O)[C@H](CC(C)C)NC(=O)[C@@H](NC(=O)CN)C(C)C)C(=O)N1CCC[C@H]1C(=O)N[C@@H](CCC(N)=O)C(=O)N[C@H](C(=O)N[C@H](C(=O)N[C@@H](CS)C(=O)N[C@@H](CC(N)=O)C(=O)O)C(C)C)C(C)C. The Balaban J connectivity index is 2.28. The van der Waals surface area contributed by atoms with Gasteiger partial charge < -0.3 is 80.0 Å². The minimum atomic E-state index is -1.70. The summed E-state index contributed by atoms with van der Waals surface area (Å²) in [6.07, 6.45) is 0.0504. The van der Waals surface area contributed by atoms with Crippen LogP contribution in [0, 0.1) is 29.6 Å². The molecule has 2 fully saturated rings. The van der Waals surface area contributed by atoms with E-state index in [0.717, 1.165) is 0 Å². The number of carbonyl (C=O) groups excluding carboxylic acids is 13. The highest BCUT2D eigenvalue weighted by atomic mass is 32.1. The van der Waals surface area contributed by atoms with Gasteiger partial charge in [-0.25, -0.2) is 4.79 Å². The highest BCUT2D eigenvalue weighted by Gasteiger charge is 2.43. The lowest BCUT2D eigenvalue weighted by Crippen LogP contribution is -2.61. The number of carboxylic acid groups (broad SMARTS) is 1. The van der Waals surface area contributed by atoms with Crippen molar-refractivity contribution < 1.29 is 72.2 Å². The Hall–Kier alpha value is -7.11. The van der Waals surface area contributed by atoms with E-state index in [4.69, 9.17) is 17.2 Å². The summed E-state index contributed by atoms with van der Waals surface area (Å²) in [5.74, 6) is -13.7. The van der Waals surface area contributed by atoms with Gasteiger partial charge in [-0.2, -0.15) is 12.6 Å². The normalized spacial score (nSPS) is 18.3. The predicted octanol–water partition coefficient (Wildman–Crippen LogP) is -3.47. The molecule has 29 nitrogen and oxygen atoms in total. The number of thiol groups is 1. The fourth-order valence-corrected chi connectivity index (χ4v) is 9.87. The maximum Gasteiger partial charge on any atom is 0.326 e. The Labute approximate surface area is 496 Å². The number of nitrogens with one attached hydrogen (secondary N) is 9. The molecule has 0 aliphatic carbocycles. The summed E-state index contributed by atoms with van der Waals surface area (Å²) in [5, 5.41) is 32.5. The molecular weight excluding hydrogens is 1120 g/mol. The molecule has 0 aromatic rings. The van der Waals surface area contributed by atoms with Crippen molar-refractivity contribution >= 4 is 95.4 Å². The molecule has 0 unspecified atom stereocenters. The van der Waals surface area contributed by atoms with Crippen molar-refractivity contribution in [3.05, 3.63) is 0 Å². The number of primary amides is 2. The van der Waals surface area contributed by atoms with E-state index in [9.17, 15) is 72.2 Å². The monoisotopic (exact) mass is 1210 g/mol. The molecule has 84 heavy (non-hydrogen) atoms. The predicted molar refractivity (Wildman–Crippen MR) is 309 cm³/mol. The number of nitrogens with two attached hydrogens (primary N) is 3. The Morgan fingerprint density at radius 1 is 0.488 bits per heavy atom. The molecular formula is C54H92N14O15S. The highest BCUT2D eigenvalue weighted by molar-refractivity contribution is 7.80. The second kappa shape index (κ2) is 34.6. The first-order valence-electron chi connectivity index (χ1n) is 28.6. The molecule has 2 saturated heterocycles. The molecule has 2 aliphatic heterocycles. The van der Waals surface area contributed by atoms with Gasteiger partial charge in [-0.15, -0.1) is 0 Å². The lowest BCUT2D eigenvalue weighted by molar-refractivity contribution is -0.144. The zero-order chi connectivity index (χ0) is 64.0. The van der Waals surface area contributed by atoms with Crippen molar-refractivity contribution in [3.8, 4) is 0 Å². The van der Waals surface area contributed by atoms with E-state index in [1.807, 2.05) is 27.7 Å². The van der Waals surface area contributed by atoms with Crippen LogP contribution >= 0.6 is 12.6 Å². The number of carbonyl (C=O) groups is 14. The van der Waals surface area contributed by atoms with E-state index in [1.165, 1.54) is 16.7 Å². The zero-order valence-electron chi connectivity index (χ0n) is 50.2. The number of amides is 13. The first-order chi connectivity index (χ1) is 39.1. The van der Waals surface area contributed by atoms with E-state index >= 15 is 0 Å². The topological polar surface area (TPSA) is 452 Å². The lowest BCUT2D eigenvalue weighted by atomic mass is 9.98. The van der Waals surface area contributed by atoms with Gasteiger partial charge in [-0.1, -0.05) is 69.2 Å². The van der Waals surface area contributed by atoms with Crippen LogP contribution in [0.3, 0.4) is 0 Å². The average Bonchev–Trinajstić information content (AvgIpc) is 3.91. The molecule has 0 radical (unpaired) electrons. The Morgan fingerprint density at radius 3 is 1.29 bits per heavy atom. The number of likely N-dealkylation sites (tertiary alicyclic amines) is 2. The number of aliphatic carboxylic acids is 1. The van der Waals surface area contributed by atoms with E-state index in [0.29, 0.717) is 12.8 Å². The summed E-state index contributed by atoms with van der Waals surface area (Å²) < 4.78 is 0. The molecule has 13 amide bonds. The van der Waals surface area contributed by atoms with Gasteiger partial charge in [0, 0.05) is 25.3 Å². The van der Waals surface area contributed by atoms with Crippen molar-refractivity contribution in [1.29, 1.82) is 0 Å². The third-order valence-electron chi connectivity index (χ3n) is 14.2. The summed E-state index contributed by atoms with van der Waals surface area (Å²) in [4.78, 5) is 188. The molecule has 30 heteroatoms. The number of hydrogen-bond donors (Lipinski definition) is 14. The van der Waals surface area contributed by atoms with Gasteiger partial charge in [0.1, 0.15) is 66.5 Å². The Morgan fingerprint density at radius 2 is 0.881 bits per heavy atom. The first-order valence-corrected chi connectivity index (χ1v) is 29.2. The number of carboxylic acids is 1. The van der Waals surface area contributed by atoms with Crippen LogP contribution in [-0.4, -0.2) is 190 Å². The van der Waals surface area contributed by atoms with Crippen LogP contribution in [0.25, 0.3) is 0 Å². The zero-order valence-corrected chi connectivity index (χ0v) is 51.1. The standard InChI is InChI=1S/C54H92N14O15S/c1-25(2)20-32(60-44(72)30(11)58-47(75)36-14-12-18-67(36)53(81)33(21-26(3)4)61-49(77)41(27(5)6)64-40(71)23-55)52(80)68-19-13-15-37(68)48(76)59-31(16-17-38(56)69)45(73)65-43(29(9)10)51(79)66-42(28(7)8)50(78)63-35(24-84)46(74)62-34(54(82)83)22-39(57)70/h25-37,41-43,84H,12-24,55H2,1-11H3,(H2,56,69)(H2,57,70)(H,58,75)(H,59,76)(H,60,72)(H,61,77)(H,62,74)(H,63,78)(H,64,71)(H,65,73)(H,66,79)(H,82,83)/t30-,31-,32-,33-,34-,35-,36-,37-,41-,42-,43-/m0/s1. The van der Waals surface area contributed by atoms with Crippen LogP contribution < -0.4 is 65.1 Å². The van der Waals surface area contributed by atoms with Gasteiger partial charge in [0.2, 0.25) is 76.8 Å². The quantitative estimate of drug-likeness (QED) is 0.0278. The van der Waals surface area contributed by atoms with Crippen LogP contribution in [0.2, 0.25) is 0 Å². The van der Waals surface area contributed by atoms with Gasteiger partial charge in [0.05, 0.1) is 13.0 Å².